The topological polar surface area (TPSA) is 38.7 Å². The monoisotopic (exact) mass is 313 g/mol. The number of fused-ring (bicyclic) bond motifs is 1. The number of thiophene rings is 1. The summed E-state index contributed by atoms with van der Waals surface area (Å²) in [6.45, 7) is 2.06. The molecule has 0 saturated carbocycles. The minimum atomic E-state index is -0.268. The van der Waals surface area contributed by atoms with Gasteiger partial charge in [-0.25, -0.2) is 9.79 Å². The Morgan fingerprint density at radius 1 is 1.32 bits per heavy atom. The number of ether oxygens (including phenoxy) is 1. The highest BCUT2D eigenvalue weighted by atomic mass is 32.1. The van der Waals surface area contributed by atoms with E-state index in [0.29, 0.717) is 5.56 Å². The highest BCUT2D eigenvalue weighted by Crippen LogP contribution is 2.40. The van der Waals surface area contributed by atoms with Gasteiger partial charge in [0.1, 0.15) is 5.00 Å². The molecule has 0 amide bonds. The van der Waals surface area contributed by atoms with Crippen molar-refractivity contribution in [3.63, 3.8) is 0 Å². The van der Waals surface area contributed by atoms with Gasteiger partial charge in [-0.15, -0.1) is 11.3 Å². The Bertz CT molecular complexity index is 731. The molecule has 2 aromatic rings. The summed E-state index contributed by atoms with van der Waals surface area (Å²) in [6.07, 6.45) is 6.15. The lowest BCUT2D eigenvalue weighted by Crippen LogP contribution is -2.07. The van der Waals surface area contributed by atoms with E-state index in [1.807, 2.05) is 18.3 Å². The minimum Gasteiger partial charge on any atom is -0.465 e. The van der Waals surface area contributed by atoms with Crippen LogP contribution >= 0.6 is 11.3 Å². The van der Waals surface area contributed by atoms with Gasteiger partial charge in [0.25, 0.3) is 0 Å². The molecule has 1 heterocycles. The van der Waals surface area contributed by atoms with E-state index < -0.39 is 0 Å². The fourth-order valence-corrected chi connectivity index (χ4v) is 4.06. The van der Waals surface area contributed by atoms with Gasteiger partial charge >= 0.3 is 5.97 Å². The van der Waals surface area contributed by atoms with Crippen molar-refractivity contribution in [1.29, 1.82) is 0 Å². The second-order valence-electron chi connectivity index (χ2n) is 5.55. The molecule has 0 fully saturated rings. The molecule has 3 rings (SSSR count). The number of esters is 1. The molecule has 0 aliphatic heterocycles. The smallest absolute Gasteiger partial charge is 0.341 e. The fraction of sp³-hybridized carbons (Fsp3) is 0.333. The van der Waals surface area contributed by atoms with Crippen LogP contribution in [0, 0.1) is 6.92 Å². The predicted molar refractivity (Wildman–Crippen MR) is 90.7 cm³/mol. The average molecular weight is 313 g/mol. The number of nitrogens with zero attached hydrogens (tertiary/aromatic N) is 1. The van der Waals surface area contributed by atoms with Crippen molar-refractivity contribution in [2.45, 2.75) is 32.6 Å². The third kappa shape index (κ3) is 2.97. The van der Waals surface area contributed by atoms with Crippen LogP contribution in [0.15, 0.2) is 29.3 Å². The Labute approximate surface area is 134 Å². The Hall–Kier alpha value is -1.94. The predicted octanol–water partition coefficient (Wildman–Crippen LogP) is 4.47. The van der Waals surface area contributed by atoms with Crippen LogP contribution in [0.25, 0.3) is 0 Å². The maximum Gasteiger partial charge on any atom is 0.341 e. The summed E-state index contributed by atoms with van der Waals surface area (Å²) in [5.74, 6) is -0.268. The van der Waals surface area contributed by atoms with Crippen LogP contribution in [0.1, 0.15) is 44.8 Å². The SMILES string of the molecule is COC(=O)c1c(N=Cc2cccc(C)c2)sc2c1CCCC2. The quantitative estimate of drug-likeness (QED) is 0.619. The molecule has 1 aromatic heterocycles. The van der Waals surface area contributed by atoms with Gasteiger partial charge < -0.3 is 4.74 Å². The maximum absolute atomic E-state index is 12.1. The molecule has 22 heavy (non-hydrogen) atoms. The number of aryl methyl sites for hydroxylation is 2. The van der Waals surface area contributed by atoms with Gasteiger partial charge in [0.2, 0.25) is 0 Å². The number of methoxy groups -OCH3 is 1. The van der Waals surface area contributed by atoms with Crippen LogP contribution in [-0.2, 0) is 17.6 Å². The molecule has 1 aliphatic carbocycles. The van der Waals surface area contributed by atoms with Gasteiger partial charge in [0.05, 0.1) is 12.7 Å². The normalized spacial score (nSPS) is 14.1. The summed E-state index contributed by atoms with van der Waals surface area (Å²) in [5, 5.41) is 0.778. The van der Waals surface area contributed by atoms with E-state index in [1.54, 1.807) is 11.3 Å². The summed E-state index contributed by atoms with van der Waals surface area (Å²) >= 11 is 1.63. The number of hydrogen-bond acceptors (Lipinski definition) is 4. The van der Waals surface area contributed by atoms with Crippen LogP contribution in [0.3, 0.4) is 0 Å². The van der Waals surface area contributed by atoms with Gasteiger partial charge in [-0.3, -0.25) is 0 Å². The van der Waals surface area contributed by atoms with Gasteiger partial charge in [-0.1, -0.05) is 29.8 Å². The van der Waals surface area contributed by atoms with Gasteiger partial charge in [0, 0.05) is 11.1 Å². The third-order valence-corrected chi connectivity index (χ3v) is 5.12. The van der Waals surface area contributed by atoms with E-state index in [9.17, 15) is 4.79 Å². The van der Waals surface area contributed by atoms with Gasteiger partial charge in [-0.05, 0) is 43.7 Å². The maximum atomic E-state index is 12.1. The zero-order valence-corrected chi connectivity index (χ0v) is 13.7. The lowest BCUT2D eigenvalue weighted by atomic mass is 9.95. The summed E-state index contributed by atoms with van der Waals surface area (Å²) in [6, 6.07) is 8.16. The van der Waals surface area contributed by atoms with Crippen molar-refractivity contribution in [3.05, 3.63) is 51.4 Å². The van der Waals surface area contributed by atoms with Crippen molar-refractivity contribution < 1.29 is 9.53 Å². The number of rotatable bonds is 3. The molecule has 4 heteroatoms. The zero-order valence-electron chi connectivity index (χ0n) is 12.9. The highest BCUT2D eigenvalue weighted by Gasteiger charge is 2.25. The molecular formula is C18H19NO2S. The molecule has 0 N–H and O–H groups in total. The van der Waals surface area contributed by atoms with Crippen LogP contribution in [-0.4, -0.2) is 19.3 Å². The van der Waals surface area contributed by atoms with Gasteiger partial charge in [0.15, 0.2) is 0 Å². The summed E-state index contributed by atoms with van der Waals surface area (Å²) in [5.41, 5.74) is 4.07. The van der Waals surface area contributed by atoms with E-state index in [2.05, 4.69) is 24.0 Å². The molecule has 0 saturated heterocycles. The van der Waals surface area contributed by atoms with E-state index >= 15 is 0 Å². The molecule has 1 aromatic carbocycles. The summed E-state index contributed by atoms with van der Waals surface area (Å²) in [7, 11) is 1.43. The van der Waals surface area contributed by atoms with Gasteiger partial charge in [-0.2, -0.15) is 0 Å². The molecule has 1 aliphatic rings. The number of hydrogen-bond donors (Lipinski definition) is 0. The van der Waals surface area contributed by atoms with Crippen molar-refractivity contribution in [1.82, 2.24) is 0 Å². The lowest BCUT2D eigenvalue weighted by Gasteiger charge is -2.11. The van der Waals surface area contributed by atoms with Crippen molar-refractivity contribution in [2.24, 2.45) is 4.99 Å². The molecule has 0 atom stereocenters. The number of aliphatic imine (C=N–C) groups is 1. The van der Waals surface area contributed by atoms with E-state index in [1.165, 1.54) is 24.0 Å². The summed E-state index contributed by atoms with van der Waals surface area (Å²) in [4.78, 5) is 18.0. The van der Waals surface area contributed by atoms with E-state index in [4.69, 9.17) is 4.74 Å². The first-order valence-electron chi connectivity index (χ1n) is 7.52. The molecule has 3 nitrogen and oxygen atoms in total. The van der Waals surface area contributed by atoms with E-state index in [0.717, 1.165) is 35.4 Å². The van der Waals surface area contributed by atoms with Crippen LogP contribution < -0.4 is 0 Å². The minimum absolute atomic E-state index is 0.268. The Morgan fingerprint density at radius 2 is 2.14 bits per heavy atom. The van der Waals surface area contributed by atoms with Crippen LogP contribution in [0.4, 0.5) is 5.00 Å². The average Bonchev–Trinajstić information content (AvgIpc) is 2.90. The molecule has 0 bridgehead atoms. The van der Waals surface area contributed by atoms with Crippen molar-refractivity contribution >= 4 is 28.5 Å². The fourth-order valence-electron chi connectivity index (χ4n) is 2.84. The lowest BCUT2D eigenvalue weighted by molar-refractivity contribution is 0.0601. The van der Waals surface area contributed by atoms with Crippen LogP contribution in [0.2, 0.25) is 0 Å². The second kappa shape index (κ2) is 6.44. The number of benzene rings is 1. The molecular weight excluding hydrogens is 294 g/mol. The van der Waals surface area contributed by atoms with Crippen LogP contribution in [0.5, 0.6) is 0 Å². The first kappa shape index (κ1) is 15.0. The second-order valence-corrected chi connectivity index (χ2v) is 6.64. The van der Waals surface area contributed by atoms with E-state index in [-0.39, 0.29) is 5.97 Å². The number of carbonyl (C=O) groups is 1. The molecule has 0 spiro atoms. The number of carbonyl (C=O) groups excluding carboxylic acids is 1. The molecule has 0 radical (unpaired) electrons. The molecule has 114 valence electrons. The highest BCUT2D eigenvalue weighted by molar-refractivity contribution is 7.16. The first-order chi connectivity index (χ1) is 10.7. The Balaban J connectivity index is 1.99. The summed E-state index contributed by atoms with van der Waals surface area (Å²) < 4.78 is 4.97. The zero-order chi connectivity index (χ0) is 15.5. The van der Waals surface area contributed by atoms with Crippen molar-refractivity contribution in [2.75, 3.05) is 7.11 Å². The molecule has 0 unspecified atom stereocenters. The van der Waals surface area contributed by atoms with Crippen molar-refractivity contribution in [3.8, 4) is 0 Å². The first-order valence-corrected chi connectivity index (χ1v) is 8.34. The standard InChI is InChI=1S/C18H19NO2S/c1-12-6-5-7-13(10-12)11-19-17-16(18(20)21-2)14-8-3-4-9-15(14)22-17/h5-7,10-11H,3-4,8-9H2,1-2H3. The Morgan fingerprint density at radius 3 is 2.91 bits per heavy atom. The third-order valence-electron chi connectivity index (χ3n) is 3.92. The largest absolute Gasteiger partial charge is 0.465 e. The Kier molecular flexibility index (Phi) is 4.39.